The van der Waals surface area contributed by atoms with Crippen LogP contribution in [0.2, 0.25) is 0 Å². The second kappa shape index (κ2) is 9.46. The Morgan fingerprint density at radius 2 is 1.72 bits per heavy atom. The summed E-state index contributed by atoms with van der Waals surface area (Å²) in [6.45, 7) is -0.247. The molecule has 0 aliphatic rings. The molecule has 1 aromatic heterocycles. The van der Waals surface area contributed by atoms with Crippen molar-refractivity contribution >= 4 is 54.9 Å². The summed E-state index contributed by atoms with van der Waals surface area (Å²) in [5, 5.41) is 4.92. The van der Waals surface area contributed by atoms with E-state index in [1.54, 1.807) is 36.5 Å². The minimum atomic E-state index is -0.578. The molecule has 2 N–H and O–H groups in total. The molecule has 0 aliphatic carbocycles. The number of para-hydroxylation sites is 1. The van der Waals surface area contributed by atoms with Gasteiger partial charge in [0.15, 0.2) is 12.4 Å². The highest BCUT2D eigenvalue weighted by molar-refractivity contribution is 9.11. The summed E-state index contributed by atoms with van der Waals surface area (Å²) in [6.07, 6.45) is 1.55. The number of nitrogens with zero attached hydrogens (tertiary/aromatic N) is 3. The molecule has 0 saturated carbocycles. The number of halogens is 2. The van der Waals surface area contributed by atoms with Gasteiger partial charge in [0.05, 0.1) is 26.1 Å². The molecule has 0 unspecified atom stereocenters. The third-order valence-corrected chi connectivity index (χ3v) is 5.67. The van der Waals surface area contributed by atoms with Crippen molar-refractivity contribution in [3.05, 3.63) is 91.6 Å². The molecule has 0 aliphatic heterocycles. The molecule has 0 atom stereocenters. The summed E-state index contributed by atoms with van der Waals surface area (Å²) in [6, 6.07) is 20.1. The number of amides is 1. The highest BCUT2D eigenvalue weighted by Gasteiger charge is 2.13. The number of fused-ring (bicyclic) bond motifs is 1. The fourth-order valence-corrected chi connectivity index (χ4v) is 4.52. The Hall–Kier alpha value is -3.30. The number of rotatable bonds is 6. The molecule has 0 spiro atoms. The standard InChI is InChI=1S/C23H16Br2N4O3/c24-17-10-14(11-18(25)21(17)32-13-20(26)30)12-27-29-22(15-6-2-1-3-7-15)28-19-9-5-4-8-16(19)23(29)31/h1-12H,13H2,(H2,26,30). The van der Waals surface area contributed by atoms with Crippen LogP contribution >= 0.6 is 31.9 Å². The number of carbonyl (C=O) groups is 1. The smallest absolute Gasteiger partial charge is 0.282 e. The van der Waals surface area contributed by atoms with Gasteiger partial charge in [0.2, 0.25) is 0 Å². The highest BCUT2D eigenvalue weighted by atomic mass is 79.9. The molecular weight excluding hydrogens is 540 g/mol. The van der Waals surface area contributed by atoms with Crippen molar-refractivity contribution in [1.82, 2.24) is 9.66 Å². The second-order valence-electron chi connectivity index (χ2n) is 6.75. The number of primary amides is 1. The van der Waals surface area contributed by atoms with Crippen LogP contribution in [-0.4, -0.2) is 28.4 Å². The van der Waals surface area contributed by atoms with E-state index < -0.39 is 5.91 Å². The Bertz CT molecular complexity index is 1380. The molecular formula is C23H16Br2N4O3. The lowest BCUT2D eigenvalue weighted by molar-refractivity contribution is -0.119. The fraction of sp³-hybridized carbons (Fsp3) is 0.0435. The highest BCUT2D eigenvalue weighted by Crippen LogP contribution is 2.34. The first-order chi connectivity index (χ1) is 15.4. The van der Waals surface area contributed by atoms with E-state index in [1.165, 1.54) is 4.68 Å². The van der Waals surface area contributed by atoms with Crippen molar-refractivity contribution in [1.29, 1.82) is 0 Å². The van der Waals surface area contributed by atoms with E-state index in [0.29, 0.717) is 37.0 Å². The van der Waals surface area contributed by atoms with Crippen molar-refractivity contribution in [2.24, 2.45) is 10.8 Å². The molecule has 1 heterocycles. The van der Waals surface area contributed by atoms with Crippen LogP contribution in [0.15, 0.2) is 85.6 Å². The van der Waals surface area contributed by atoms with E-state index >= 15 is 0 Å². The number of hydrogen-bond donors (Lipinski definition) is 1. The topological polar surface area (TPSA) is 99.6 Å². The second-order valence-corrected chi connectivity index (χ2v) is 8.46. The van der Waals surface area contributed by atoms with Gasteiger partial charge in [-0.15, -0.1) is 0 Å². The van der Waals surface area contributed by atoms with E-state index in [2.05, 4.69) is 41.9 Å². The van der Waals surface area contributed by atoms with Crippen LogP contribution in [-0.2, 0) is 4.79 Å². The van der Waals surface area contributed by atoms with Crippen LogP contribution < -0.4 is 16.0 Å². The number of aromatic nitrogens is 2. The molecule has 3 aromatic carbocycles. The predicted octanol–water partition coefficient (Wildman–Crippen LogP) is 4.33. The van der Waals surface area contributed by atoms with Gasteiger partial charge in [-0.3, -0.25) is 9.59 Å². The number of ether oxygens (including phenoxy) is 1. The normalized spacial score (nSPS) is 11.2. The molecule has 0 fully saturated rings. The van der Waals surface area contributed by atoms with Gasteiger partial charge in [0.1, 0.15) is 5.75 Å². The zero-order valence-corrected chi connectivity index (χ0v) is 19.7. The van der Waals surface area contributed by atoms with Gasteiger partial charge in [-0.25, -0.2) is 4.98 Å². The summed E-state index contributed by atoms with van der Waals surface area (Å²) in [5.41, 5.74) is 6.93. The van der Waals surface area contributed by atoms with Crippen LogP contribution in [0, 0.1) is 0 Å². The van der Waals surface area contributed by atoms with Crippen LogP contribution in [0.25, 0.3) is 22.3 Å². The first kappa shape index (κ1) is 21.9. The van der Waals surface area contributed by atoms with Crippen molar-refractivity contribution in [2.75, 3.05) is 6.61 Å². The van der Waals surface area contributed by atoms with Crippen molar-refractivity contribution in [3.63, 3.8) is 0 Å². The molecule has 1 amide bonds. The maximum absolute atomic E-state index is 13.2. The fourth-order valence-electron chi connectivity index (χ4n) is 3.06. The number of benzene rings is 3. The predicted molar refractivity (Wildman–Crippen MR) is 131 cm³/mol. The van der Waals surface area contributed by atoms with Gasteiger partial charge < -0.3 is 10.5 Å². The number of hydrogen-bond acceptors (Lipinski definition) is 5. The number of carbonyl (C=O) groups excluding carboxylic acids is 1. The molecule has 32 heavy (non-hydrogen) atoms. The van der Waals surface area contributed by atoms with E-state index in [0.717, 1.165) is 5.56 Å². The van der Waals surface area contributed by atoms with E-state index in [-0.39, 0.29) is 12.2 Å². The zero-order chi connectivity index (χ0) is 22.7. The maximum atomic E-state index is 13.2. The molecule has 0 radical (unpaired) electrons. The van der Waals surface area contributed by atoms with Gasteiger partial charge in [0.25, 0.3) is 11.5 Å². The van der Waals surface area contributed by atoms with Gasteiger partial charge in [-0.05, 0) is 61.7 Å². The molecule has 9 heteroatoms. The third-order valence-electron chi connectivity index (χ3n) is 4.49. The quantitative estimate of drug-likeness (QED) is 0.358. The largest absolute Gasteiger partial charge is 0.481 e. The minimum absolute atomic E-state index is 0.247. The van der Waals surface area contributed by atoms with Gasteiger partial charge in [-0.1, -0.05) is 42.5 Å². The van der Waals surface area contributed by atoms with E-state index in [9.17, 15) is 9.59 Å². The Balaban J connectivity index is 1.80. The van der Waals surface area contributed by atoms with Crippen LogP contribution in [0.4, 0.5) is 0 Å². The summed E-state index contributed by atoms with van der Waals surface area (Å²) >= 11 is 6.85. The Labute approximate surface area is 199 Å². The maximum Gasteiger partial charge on any atom is 0.282 e. The van der Waals surface area contributed by atoms with E-state index in [1.807, 2.05) is 36.4 Å². The van der Waals surface area contributed by atoms with Gasteiger partial charge in [0, 0.05) is 5.56 Å². The Morgan fingerprint density at radius 1 is 1.06 bits per heavy atom. The molecule has 0 saturated heterocycles. The molecule has 0 bridgehead atoms. The average molecular weight is 556 g/mol. The SMILES string of the molecule is NC(=O)COc1c(Br)cc(C=Nn2c(-c3ccccc3)nc3ccccc3c2=O)cc1Br. The molecule has 7 nitrogen and oxygen atoms in total. The van der Waals surface area contributed by atoms with Crippen molar-refractivity contribution in [3.8, 4) is 17.1 Å². The first-order valence-electron chi connectivity index (χ1n) is 9.46. The Kier molecular flexibility index (Phi) is 6.48. The average Bonchev–Trinajstić information content (AvgIpc) is 2.78. The van der Waals surface area contributed by atoms with Crippen LogP contribution in [0.3, 0.4) is 0 Å². The van der Waals surface area contributed by atoms with Crippen LogP contribution in [0.5, 0.6) is 5.75 Å². The first-order valence-corrected chi connectivity index (χ1v) is 11.0. The summed E-state index contributed by atoms with van der Waals surface area (Å²) in [5.74, 6) is 0.298. The monoisotopic (exact) mass is 554 g/mol. The van der Waals surface area contributed by atoms with Gasteiger partial charge in [-0.2, -0.15) is 9.78 Å². The molecule has 4 rings (SSSR count). The Morgan fingerprint density at radius 3 is 2.41 bits per heavy atom. The zero-order valence-electron chi connectivity index (χ0n) is 16.5. The number of nitrogens with two attached hydrogens (primary N) is 1. The summed E-state index contributed by atoms with van der Waals surface area (Å²) < 4.78 is 7.90. The minimum Gasteiger partial charge on any atom is -0.481 e. The summed E-state index contributed by atoms with van der Waals surface area (Å²) in [7, 11) is 0. The van der Waals surface area contributed by atoms with Crippen molar-refractivity contribution in [2.45, 2.75) is 0 Å². The van der Waals surface area contributed by atoms with Crippen molar-refractivity contribution < 1.29 is 9.53 Å². The van der Waals surface area contributed by atoms with E-state index in [4.69, 9.17) is 10.5 Å². The van der Waals surface area contributed by atoms with Gasteiger partial charge >= 0.3 is 0 Å². The lowest BCUT2D eigenvalue weighted by Gasteiger charge is -2.11. The summed E-state index contributed by atoms with van der Waals surface area (Å²) in [4.78, 5) is 28.9. The van der Waals surface area contributed by atoms with Crippen LogP contribution in [0.1, 0.15) is 5.56 Å². The third kappa shape index (κ3) is 4.63. The lowest BCUT2D eigenvalue weighted by Crippen LogP contribution is -2.20. The molecule has 160 valence electrons. The molecule has 4 aromatic rings. The lowest BCUT2D eigenvalue weighted by atomic mass is 10.2.